The highest BCUT2D eigenvalue weighted by molar-refractivity contribution is 8.22. The van der Waals surface area contributed by atoms with E-state index >= 15 is 0 Å². The Bertz CT molecular complexity index is 255. The minimum atomic E-state index is -0.295. The molecule has 3 nitrogen and oxygen atoms in total. The molecule has 1 unspecified atom stereocenters. The molecule has 2 aliphatic rings. The average molecular weight is 283 g/mol. The van der Waals surface area contributed by atoms with Gasteiger partial charge < -0.3 is 11.1 Å². The summed E-state index contributed by atoms with van der Waals surface area (Å²) in [7, 11) is 1.71. The fourth-order valence-electron chi connectivity index (χ4n) is 1.99. The lowest BCUT2D eigenvalue weighted by Crippen LogP contribution is -2.43. The van der Waals surface area contributed by atoms with E-state index in [1.165, 1.54) is 12.8 Å². The molecular formula is C10H19ClN2OS2. The maximum Gasteiger partial charge on any atom is 0.246 e. The first kappa shape index (κ1) is 14.5. The van der Waals surface area contributed by atoms with E-state index in [-0.39, 0.29) is 28.4 Å². The first-order chi connectivity index (χ1) is 7.18. The summed E-state index contributed by atoms with van der Waals surface area (Å²) in [6, 6.07) is 0.209. The summed E-state index contributed by atoms with van der Waals surface area (Å²) in [6.45, 7) is 0. The second kappa shape index (κ2) is 5.85. The highest BCUT2D eigenvalue weighted by Gasteiger charge is 2.45. The molecule has 1 atom stereocenters. The van der Waals surface area contributed by atoms with Gasteiger partial charge in [0.1, 0.15) is 4.08 Å². The normalized spacial score (nSPS) is 24.6. The maximum atomic E-state index is 11.9. The monoisotopic (exact) mass is 282 g/mol. The van der Waals surface area contributed by atoms with Crippen molar-refractivity contribution in [1.29, 1.82) is 0 Å². The molecule has 16 heavy (non-hydrogen) atoms. The number of carbonyl (C=O) groups excluding carboxylic acids is 1. The smallest absolute Gasteiger partial charge is 0.246 e. The number of nitrogens with two attached hydrogens (primary N) is 1. The molecule has 0 spiro atoms. The third-order valence-corrected chi connectivity index (χ3v) is 6.48. The number of hydrogen-bond acceptors (Lipinski definition) is 4. The Hall–Kier alpha value is 0.420. The zero-order chi connectivity index (χ0) is 10.9. The quantitative estimate of drug-likeness (QED) is 0.820. The van der Waals surface area contributed by atoms with E-state index in [1.54, 1.807) is 30.6 Å². The van der Waals surface area contributed by atoms with E-state index in [9.17, 15) is 4.79 Å². The molecule has 0 radical (unpaired) electrons. The fourth-order valence-corrected chi connectivity index (χ4v) is 5.23. The van der Waals surface area contributed by atoms with Crippen molar-refractivity contribution in [2.24, 2.45) is 11.7 Å². The largest absolute Gasteiger partial charge is 0.357 e. The van der Waals surface area contributed by atoms with Crippen LogP contribution in [0.1, 0.15) is 19.3 Å². The van der Waals surface area contributed by atoms with Crippen LogP contribution in [-0.4, -0.2) is 34.6 Å². The van der Waals surface area contributed by atoms with E-state index in [1.807, 2.05) is 0 Å². The van der Waals surface area contributed by atoms with Crippen LogP contribution in [0.2, 0.25) is 0 Å². The molecule has 1 aliphatic carbocycles. The Kier molecular flexibility index (Phi) is 5.29. The van der Waals surface area contributed by atoms with Gasteiger partial charge in [-0.1, -0.05) is 0 Å². The van der Waals surface area contributed by atoms with Gasteiger partial charge in [-0.2, -0.15) is 0 Å². The van der Waals surface area contributed by atoms with Crippen LogP contribution in [0.4, 0.5) is 0 Å². The third-order valence-electron chi connectivity index (χ3n) is 3.06. The molecule has 0 aromatic heterocycles. The number of thioether (sulfide) groups is 2. The highest BCUT2D eigenvalue weighted by atomic mass is 35.5. The van der Waals surface area contributed by atoms with Gasteiger partial charge in [0, 0.05) is 24.6 Å². The Morgan fingerprint density at radius 2 is 2.06 bits per heavy atom. The van der Waals surface area contributed by atoms with Gasteiger partial charge in [0.15, 0.2) is 0 Å². The Balaban J connectivity index is 0.00000128. The highest BCUT2D eigenvalue weighted by Crippen LogP contribution is 2.49. The predicted molar refractivity (Wildman–Crippen MR) is 74.3 cm³/mol. The van der Waals surface area contributed by atoms with Crippen LogP contribution in [0.3, 0.4) is 0 Å². The molecule has 94 valence electrons. The Morgan fingerprint density at radius 1 is 1.50 bits per heavy atom. The van der Waals surface area contributed by atoms with Crippen LogP contribution in [0.15, 0.2) is 0 Å². The zero-order valence-corrected chi connectivity index (χ0v) is 11.9. The van der Waals surface area contributed by atoms with Gasteiger partial charge in [0.2, 0.25) is 5.91 Å². The van der Waals surface area contributed by atoms with Gasteiger partial charge in [-0.3, -0.25) is 4.79 Å². The summed E-state index contributed by atoms with van der Waals surface area (Å²) in [4.78, 5) is 11.9. The molecule has 1 heterocycles. The third kappa shape index (κ3) is 3.00. The second-order valence-corrected chi connectivity index (χ2v) is 7.28. The number of rotatable bonds is 4. The fraction of sp³-hybridized carbons (Fsp3) is 0.900. The first-order valence-corrected chi connectivity index (χ1v) is 7.41. The molecule has 6 heteroatoms. The molecule has 0 aromatic carbocycles. The number of amides is 1. The van der Waals surface area contributed by atoms with Crippen molar-refractivity contribution in [3.05, 3.63) is 0 Å². The van der Waals surface area contributed by atoms with Crippen molar-refractivity contribution in [2.75, 3.05) is 18.6 Å². The Labute approximate surface area is 111 Å². The maximum absolute atomic E-state index is 11.9. The molecule has 1 saturated carbocycles. The summed E-state index contributed by atoms with van der Waals surface area (Å²) in [5, 5.41) is 2.78. The van der Waals surface area contributed by atoms with E-state index in [0.29, 0.717) is 5.92 Å². The standard InChI is InChI=1S/C10H18N2OS2.ClH/c1-12-9(13)10(14-4-5-15-10)6-8(11)7-2-3-7;/h7-8H,2-6,11H2,1H3,(H,12,13);1H. The van der Waals surface area contributed by atoms with Crippen LogP contribution >= 0.6 is 35.9 Å². The van der Waals surface area contributed by atoms with E-state index in [2.05, 4.69) is 5.32 Å². The topological polar surface area (TPSA) is 55.1 Å². The molecule has 2 fully saturated rings. The van der Waals surface area contributed by atoms with Crippen LogP contribution in [0.5, 0.6) is 0 Å². The van der Waals surface area contributed by atoms with Crippen molar-refractivity contribution in [3.63, 3.8) is 0 Å². The summed E-state index contributed by atoms with van der Waals surface area (Å²) < 4.78 is -0.295. The number of carbonyl (C=O) groups is 1. The summed E-state index contributed by atoms with van der Waals surface area (Å²) in [5.41, 5.74) is 6.13. The summed E-state index contributed by atoms with van der Waals surface area (Å²) in [6.07, 6.45) is 3.33. The molecule has 3 N–H and O–H groups in total. The van der Waals surface area contributed by atoms with Crippen LogP contribution in [-0.2, 0) is 4.79 Å². The SMILES string of the molecule is CNC(=O)C1(CC(N)C2CC2)SCCS1.Cl. The van der Waals surface area contributed by atoms with Gasteiger partial charge in [-0.25, -0.2) is 0 Å². The Morgan fingerprint density at radius 3 is 2.50 bits per heavy atom. The average Bonchev–Trinajstić information content (AvgIpc) is 2.99. The van der Waals surface area contributed by atoms with Gasteiger partial charge >= 0.3 is 0 Å². The molecule has 0 bridgehead atoms. The van der Waals surface area contributed by atoms with Gasteiger partial charge in [-0.05, 0) is 25.2 Å². The molecule has 1 saturated heterocycles. The predicted octanol–water partition coefficient (Wildman–Crippen LogP) is 1.46. The van der Waals surface area contributed by atoms with Crippen LogP contribution in [0, 0.1) is 5.92 Å². The molecule has 1 aliphatic heterocycles. The lowest BCUT2D eigenvalue weighted by atomic mass is 10.1. The summed E-state index contributed by atoms with van der Waals surface area (Å²) >= 11 is 3.53. The van der Waals surface area contributed by atoms with Crippen molar-refractivity contribution in [3.8, 4) is 0 Å². The first-order valence-electron chi connectivity index (χ1n) is 5.43. The zero-order valence-electron chi connectivity index (χ0n) is 9.40. The van der Waals surface area contributed by atoms with Crippen molar-refractivity contribution >= 4 is 41.8 Å². The second-order valence-electron chi connectivity index (χ2n) is 4.23. The molecule has 0 aromatic rings. The van der Waals surface area contributed by atoms with E-state index < -0.39 is 0 Å². The van der Waals surface area contributed by atoms with Crippen LogP contribution in [0.25, 0.3) is 0 Å². The van der Waals surface area contributed by atoms with Gasteiger partial charge in [0.25, 0.3) is 0 Å². The van der Waals surface area contributed by atoms with E-state index in [0.717, 1.165) is 17.9 Å². The van der Waals surface area contributed by atoms with Crippen molar-refractivity contribution < 1.29 is 4.79 Å². The van der Waals surface area contributed by atoms with Gasteiger partial charge in [-0.15, -0.1) is 35.9 Å². The van der Waals surface area contributed by atoms with Crippen molar-refractivity contribution in [1.82, 2.24) is 5.32 Å². The lowest BCUT2D eigenvalue weighted by molar-refractivity contribution is -0.121. The van der Waals surface area contributed by atoms with Crippen molar-refractivity contribution in [2.45, 2.75) is 29.4 Å². The molecule has 1 amide bonds. The van der Waals surface area contributed by atoms with E-state index in [4.69, 9.17) is 5.73 Å². The number of halogens is 1. The van der Waals surface area contributed by atoms with Gasteiger partial charge in [0.05, 0.1) is 0 Å². The number of nitrogens with one attached hydrogen (secondary N) is 1. The summed E-state index contributed by atoms with van der Waals surface area (Å²) in [5.74, 6) is 2.95. The minimum Gasteiger partial charge on any atom is -0.357 e. The van der Waals surface area contributed by atoms with Crippen LogP contribution < -0.4 is 11.1 Å². The molecule has 2 rings (SSSR count). The number of hydrogen-bond donors (Lipinski definition) is 2. The minimum absolute atomic E-state index is 0. The lowest BCUT2D eigenvalue weighted by Gasteiger charge is -2.28. The molecular weight excluding hydrogens is 264 g/mol.